The van der Waals surface area contributed by atoms with Gasteiger partial charge in [-0.3, -0.25) is 14.5 Å². The first kappa shape index (κ1) is 18.4. The van der Waals surface area contributed by atoms with Gasteiger partial charge >= 0.3 is 6.03 Å². The fourth-order valence-electron chi connectivity index (χ4n) is 4.01. The van der Waals surface area contributed by atoms with Gasteiger partial charge in [-0.1, -0.05) is 13.3 Å². The number of carbonyl (C=O) groups is 3. The smallest absolute Gasteiger partial charge is 0.325 e. The highest BCUT2D eigenvalue weighted by Crippen LogP contribution is 2.36. The molecule has 1 aromatic rings. The highest BCUT2D eigenvalue weighted by atomic mass is 16.4. The Kier molecular flexibility index (Phi) is 5.31. The van der Waals surface area contributed by atoms with Gasteiger partial charge in [0.05, 0.1) is 6.54 Å². The summed E-state index contributed by atoms with van der Waals surface area (Å²) in [6.45, 7) is 3.76. The zero-order valence-electron chi connectivity index (χ0n) is 15.3. The minimum atomic E-state index is -0.829. The van der Waals surface area contributed by atoms with Gasteiger partial charge < -0.3 is 20.4 Å². The number of amides is 4. The number of nitrogens with one attached hydrogen (secondary N) is 3. The highest BCUT2D eigenvalue weighted by molar-refractivity contribution is 6.07. The maximum atomic E-state index is 13.2. The molecule has 8 nitrogen and oxygen atoms in total. The van der Waals surface area contributed by atoms with Gasteiger partial charge in [-0.25, -0.2) is 4.79 Å². The van der Waals surface area contributed by atoms with E-state index < -0.39 is 5.54 Å². The van der Waals surface area contributed by atoms with Crippen LogP contribution < -0.4 is 16.0 Å². The van der Waals surface area contributed by atoms with E-state index in [2.05, 4.69) is 16.0 Å². The van der Waals surface area contributed by atoms with Crippen molar-refractivity contribution in [2.45, 2.75) is 44.7 Å². The number of furan rings is 1. The molecule has 26 heavy (non-hydrogen) atoms. The summed E-state index contributed by atoms with van der Waals surface area (Å²) in [5, 5.41) is 8.77. The van der Waals surface area contributed by atoms with E-state index in [4.69, 9.17) is 4.42 Å². The van der Waals surface area contributed by atoms with Crippen molar-refractivity contribution in [3.05, 3.63) is 23.7 Å². The van der Waals surface area contributed by atoms with E-state index in [9.17, 15) is 14.4 Å². The standard InChI is InChI=1S/C18H26N4O4/c1-3-8-18(12-6-9-20-10-7-12)16(24)22(17(25)21-18)11-13-4-5-14(26-13)15(23)19-2/h4-5,12,20H,3,6-11H2,1-2H3,(H,19,23)(H,21,25). The van der Waals surface area contributed by atoms with Crippen LogP contribution >= 0.6 is 0 Å². The Morgan fingerprint density at radius 1 is 1.35 bits per heavy atom. The molecular weight excluding hydrogens is 336 g/mol. The molecule has 8 heteroatoms. The van der Waals surface area contributed by atoms with Crippen molar-refractivity contribution in [2.75, 3.05) is 20.1 Å². The highest BCUT2D eigenvalue weighted by Gasteiger charge is 2.55. The van der Waals surface area contributed by atoms with Gasteiger partial charge in [-0.05, 0) is 50.4 Å². The number of rotatable bonds is 6. The third kappa shape index (κ3) is 3.21. The molecule has 0 saturated carbocycles. The molecule has 2 fully saturated rings. The molecule has 3 rings (SSSR count). The van der Waals surface area contributed by atoms with Crippen LogP contribution in [0.25, 0.3) is 0 Å². The lowest BCUT2D eigenvalue weighted by atomic mass is 9.75. The first-order chi connectivity index (χ1) is 12.5. The van der Waals surface area contributed by atoms with E-state index in [0.717, 1.165) is 32.4 Å². The second-order valence-corrected chi connectivity index (χ2v) is 6.91. The van der Waals surface area contributed by atoms with Gasteiger partial charge in [0.1, 0.15) is 11.3 Å². The largest absolute Gasteiger partial charge is 0.454 e. The molecule has 1 atom stereocenters. The zero-order valence-corrected chi connectivity index (χ0v) is 15.3. The monoisotopic (exact) mass is 362 g/mol. The van der Waals surface area contributed by atoms with E-state index >= 15 is 0 Å². The van der Waals surface area contributed by atoms with Crippen molar-refractivity contribution < 1.29 is 18.8 Å². The normalized spacial score (nSPS) is 24.0. The predicted octanol–water partition coefficient (Wildman–Crippen LogP) is 1.23. The zero-order chi connectivity index (χ0) is 18.7. The molecule has 0 aromatic carbocycles. The Labute approximate surface area is 152 Å². The quantitative estimate of drug-likeness (QED) is 0.661. The molecule has 2 aliphatic heterocycles. The summed E-state index contributed by atoms with van der Waals surface area (Å²) in [5.41, 5.74) is -0.829. The Morgan fingerprint density at radius 2 is 2.08 bits per heavy atom. The van der Waals surface area contributed by atoms with Crippen molar-refractivity contribution in [3.8, 4) is 0 Å². The average Bonchev–Trinajstić information content (AvgIpc) is 3.22. The molecular formula is C18H26N4O4. The molecule has 1 aromatic heterocycles. The van der Waals surface area contributed by atoms with Crippen LogP contribution in [0.1, 0.15) is 48.9 Å². The van der Waals surface area contributed by atoms with Crippen molar-refractivity contribution >= 4 is 17.8 Å². The van der Waals surface area contributed by atoms with Crippen LogP contribution in [0.5, 0.6) is 0 Å². The summed E-state index contributed by atoms with van der Waals surface area (Å²) >= 11 is 0. The molecule has 4 amide bonds. The number of piperidine rings is 1. The molecule has 0 radical (unpaired) electrons. The number of nitrogens with zero attached hydrogens (tertiary/aromatic N) is 1. The maximum Gasteiger partial charge on any atom is 0.325 e. The fraction of sp³-hybridized carbons (Fsp3) is 0.611. The van der Waals surface area contributed by atoms with E-state index in [-0.39, 0.29) is 36.1 Å². The molecule has 0 aliphatic carbocycles. The average molecular weight is 362 g/mol. The van der Waals surface area contributed by atoms with Gasteiger partial charge in [0.2, 0.25) is 0 Å². The van der Waals surface area contributed by atoms with Crippen molar-refractivity contribution in [3.63, 3.8) is 0 Å². The Hall–Kier alpha value is -2.35. The van der Waals surface area contributed by atoms with E-state index in [0.29, 0.717) is 12.2 Å². The van der Waals surface area contributed by atoms with Crippen LogP contribution in [-0.2, 0) is 11.3 Å². The van der Waals surface area contributed by atoms with Crippen molar-refractivity contribution in [1.29, 1.82) is 0 Å². The summed E-state index contributed by atoms with van der Waals surface area (Å²) in [6.07, 6.45) is 3.16. The maximum absolute atomic E-state index is 13.2. The molecule has 0 bridgehead atoms. The summed E-state index contributed by atoms with van der Waals surface area (Å²) in [5.74, 6) is 0.165. The minimum absolute atomic E-state index is 0.0259. The van der Waals surface area contributed by atoms with Crippen LogP contribution in [-0.4, -0.2) is 48.4 Å². The topological polar surface area (TPSA) is 104 Å². The molecule has 142 valence electrons. The second-order valence-electron chi connectivity index (χ2n) is 6.91. The van der Waals surface area contributed by atoms with Crippen molar-refractivity contribution in [2.24, 2.45) is 5.92 Å². The summed E-state index contributed by atoms with van der Waals surface area (Å²) < 4.78 is 5.47. The third-order valence-corrected chi connectivity index (χ3v) is 5.31. The Balaban J connectivity index is 1.80. The number of hydrogen-bond donors (Lipinski definition) is 3. The number of carbonyl (C=O) groups excluding carboxylic acids is 3. The third-order valence-electron chi connectivity index (χ3n) is 5.31. The Morgan fingerprint density at radius 3 is 2.73 bits per heavy atom. The van der Waals surface area contributed by atoms with E-state index in [1.54, 1.807) is 12.1 Å². The molecule has 3 N–H and O–H groups in total. The molecule has 2 saturated heterocycles. The molecule has 2 aliphatic rings. The lowest BCUT2D eigenvalue weighted by molar-refractivity contribution is -0.134. The van der Waals surface area contributed by atoms with Crippen LogP contribution in [0.3, 0.4) is 0 Å². The van der Waals surface area contributed by atoms with Gasteiger partial charge in [-0.2, -0.15) is 0 Å². The number of hydrogen-bond acceptors (Lipinski definition) is 5. The second kappa shape index (κ2) is 7.49. The van der Waals surface area contributed by atoms with Crippen LogP contribution in [0.2, 0.25) is 0 Å². The van der Waals surface area contributed by atoms with E-state index in [1.165, 1.54) is 11.9 Å². The molecule has 0 spiro atoms. The van der Waals surface area contributed by atoms with Crippen LogP contribution in [0.15, 0.2) is 16.5 Å². The van der Waals surface area contributed by atoms with Crippen LogP contribution in [0.4, 0.5) is 4.79 Å². The summed E-state index contributed by atoms with van der Waals surface area (Å²) in [7, 11) is 1.51. The predicted molar refractivity (Wildman–Crippen MR) is 94.4 cm³/mol. The minimum Gasteiger partial charge on any atom is -0.454 e. The number of urea groups is 1. The summed E-state index contributed by atoms with van der Waals surface area (Å²) in [6, 6.07) is 2.77. The van der Waals surface area contributed by atoms with Gasteiger partial charge in [0, 0.05) is 7.05 Å². The first-order valence-electron chi connectivity index (χ1n) is 9.17. The Bertz CT molecular complexity index is 695. The van der Waals surface area contributed by atoms with Gasteiger partial charge in [0.15, 0.2) is 5.76 Å². The van der Waals surface area contributed by atoms with Crippen LogP contribution in [0, 0.1) is 5.92 Å². The number of imide groups is 1. The van der Waals surface area contributed by atoms with Gasteiger partial charge in [0.25, 0.3) is 11.8 Å². The lowest BCUT2D eigenvalue weighted by Crippen LogP contribution is -2.55. The summed E-state index contributed by atoms with van der Waals surface area (Å²) in [4.78, 5) is 38.6. The SMILES string of the molecule is CCCC1(C2CCNCC2)NC(=O)N(Cc2ccc(C(=O)NC)o2)C1=O. The van der Waals surface area contributed by atoms with Gasteiger partial charge in [-0.15, -0.1) is 0 Å². The first-order valence-corrected chi connectivity index (χ1v) is 9.17. The van der Waals surface area contributed by atoms with E-state index in [1.807, 2.05) is 6.92 Å². The van der Waals surface area contributed by atoms with Crippen molar-refractivity contribution in [1.82, 2.24) is 20.9 Å². The fourth-order valence-corrected chi connectivity index (χ4v) is 4.01. The molecule has 3 heterocycles. The molecule has 1 unspecified atom stereocenters. The lowest BCUT2D eigenvalue weighted by Gasteiger charge is -2.37.